The Morgan fingerprint density at radius 1 is 1.25 bits per heavy atom. The first-order chi connectivity index (χ1) is 9.32. The van der Waals surface area contributed by atoms with Crippen LogP contribution in [0.5, 0.6) is 0 Å². The summed E-state index contributed by atoms with van der Waals surface area (Å²) in [5.74, 6) is -0.668. The van der Waals surface area contributed by atoms with Crippen molar-refractivity contribution in [3.05, 3.63) is 58.3 Å². The number of hydrogen-bond donors (Lipinski definition) is 1. The van der Waals surface area contributed by atoms with Gasteiger partial charge in [-0.05, 0) is 36.6 Å². The van der Waals surface area contributed by atoms with Crippen LogP contribution in [-0.2, 0) is 9.84 Å². The molecule has 0 bridgehead atoms. The fourth-order valence-corrected chi connectivity index (χ4v) is 3.75. The summed E-state index contributed by atoms with van der Waals surface area (Å²) >= 11 is 1.45. The van der Waals surface area contributed by atoms with Crippen molar-refractivity contribution in [1.82, 2.24) is 0 Å². The van der Waals surface area contributed by atoms with Gasteiger partial charge in [-0.1, -0.05) is 12.6 Å². The molecule has 20 heavy (non-hydrogen) atoms. The summed E-state index contributed by atoms with van der Waals surface area (Å²) in [4.78, 5) is 12.2. The summed E-state index contributed by atoms with van der Waals surface area (Å²) in [5, 5.41) is 1.74. The molecule has 0 unspecified atom stereocenters. The molecule has 0 saturated heterocycles. The molecular formula is C14H13NO3S2. The second-order valence-electron chi connectivity index (χ2n) is 4.26. The van der Waals surface area contributed by atoms with Gasteiger partial charge in [-0.2, -0.15) is 0 Å². The predicted octanol–water partition coefficient (Wildman–Crippen LogP) is 2.60. The van der Waals surface area contributed by atoms with E-state index in [0.29, 0.717) is 5.56 Å². The maximum absolute atomic E-state index is 12.5. The third-order valence-electron chi connectivity index (χ3n) is 2.81. The molecule has 104 valence electrons. The SMILES string of the molecule is C=C(c1csc(C)c1)S(=O)(=O)c1cccc(C(N)=O)c1. The number of primary amides is 1. The Kier molecular flexibility index (Phi) is 3.78. The van der Waals surface area contributed by atoms with Crippen LogP contribution in [0.1, 0.15) is 20.8 Å². The number of aryl methyl sites for hydroxylation is 1. The molecule has 0 atom stereocenters. The molecule has 1 heterocycles. The Morgan fingerprint density at radius 2 is 1.95 bits per heavy atom. The fraction of sp³-hybridized carbons (Fsp3) is 0.0714. The van der Waals surface area contributed by atoms with Crippen LogP contribution in [-0.4, -0.2) is 14.3 Å². The number of sulfone groups is 1. The second-order valence-corrected chi connectivity index (χ2v) is 7.35. The zero-order valence-electron chi connectivity index (χ0n) is 10.8. The van der Waals surface area contributed by atoms with Gasteiger partial charge < -0.3 is 5.73 Å². The van der Waals surface area contributed by atoms with Crippen LogP contribution in [0.15, 0.2) is 47.2 Å². The van der Waals surface area contributed by atoms with Gasteiger partial charge in [-0.15, -0.1) is 11.3 Å². The summed E-state index contributed by atoms with van der Waals surface area (Å²) in [5.41, 5.74) is 5.88. The molecule has 1 aromatic carbocycles. The van der Waals surface area contributed by atoms with Crippen molar-refractivity contribution < 1.29 is 13.2 Å². The van der Waals surface area contributed by atoms with Gasteiger partial charge in [0.1, 0.15) is 0 Å². The summed E-state index contributed by atoms with van der Waals surface area (Å²) in [7, 11) is -3.73. The van der Waals surface area contributed by atoms with E-state index < -0.39 is 15.7 Å². The van der Waals surface area contributed by atoms with Crippen molar-refractivity contribution in [2.24, 2.45) is 5.73 Å². The van der Waals surface area contributed by atoms with Crippen molar-refractivity contribution in [2.75, 3.05) is 0 Å². The van der Waals surface area contributed by atoms with Crippen molar-refractivity contribution in [3.8, 4) is 0 Å². The first-order valence-electron chi connectivity index (χ1n) is 5.72. The highest BCUT2D eigenvalue weighted by molar-refractivity contribution is 8.00. The second kappa shape index (κ2) is 5.22. The minimum Gasteiger partial charge on any atom is -0.366 e. The summed E-state index contributed by atoms with van der Waals surface area (Å²) in [6.45, 7) is 5.55. The van der Waals surface area contributed by atoms with Gasteiger partial charge in [-0.3, -0.25) is 4.79 Å². The van der Waals surface area contributed by atoms with E-state index >= 15 is 0 Å². The van der Waals surface area contributed by atoms with Crippen LogP contribution in [0.2, 0.25) is 0 Å². The highest BCUT2D eigenvalue weighted by Gasteiger charge is 2.21. The topological polar surface area (TPSA) is 77.2 Å². The Hall–Kier alpha value is -1.92. The molecule has 0 aliphatic rings. The normalized spacial score (nSPS) is 11.2. The Balaban J connectivity index is 2.47. The molecule has 0 saturated carbocycles. The van der Waals surface area contributed by atoms with Gasteiger partial charge >= 0.3 is 0 Å². The average Bonchev–Trinajstić information content (AvgIpc) is 2.84. The molecule has 1 aromatic heterocycles. The number of thiophene rings is 1. The zero-order valence-corrected chi connectivity index (χ0v) is 12.4. The monoisotopic (exact) mass is 307 g/mol. The maximum atomic E-state index is 12.5. The number of carbonyl (C=O) groups excluding carboxylic acids is 1. The van der Waals surface area contributed by atoms with Gasteiger partial charge in [-0.25, -0.2) is 8.42 Å². The van der Waals surface area contributed by atoms with Crippen molar-refractivity contribution in [2.45, 2.75) is 11.8 Å². The van der Waals surface area contributed by atoms with Gasteiger partial charge in [0, 0.05) is 16.0 Å². The van der Waals surface area contributed by atoms with Crippen LogP contribution in [0.4, 0.5) is 0 Å². The molecule has 6 heteroatoms. The highest BCUT2D eigenvalue weighted by Crippen LogP contribution is 2.29. The Bertz CT molecular complexity index is 788. The van der Waals surface area contributed by atoms with Crippen molar-refractivity contribution in [1.29, 1.82) is 0 Å². The number of amides is 1. The molecule has 0 aliphatic carbocycles. The van der Waals surface area contributed by atoms with Gasteiger partial charge in [0.05, 0.1) is 9.80 Å². The lowest BCUT2D eigenvalue weighted by Gasteiger charge is -2.07. The number of carbonyl (C=O) groups is 1. The smallest absolute Gasteiger partial charge is 0.248 e. The lowest BCUT2D eigenvalue weighted by Crippen LogP contribution is -2.12. The quantitative estimate of drug-likeness (QED) is 0.943. The van der Waals surface area contributed by atoms with E-state index in [1.807, 2.05) is 6.92 Å². The van der Waals surface area contributed by atoms with Crippen LogP contribution in [0.3, 0.4) is 0 Å². The maximum Gasteiger partial charge on any atom is 0.248 e. The highest BCUT2D eigenvalue weighted by atomic mass is 32.2. The van der Waals surface area contributed by atoms with Crippen LogP contribution in [0.25, 0.3) is 4.91 Å². The molecule has 0 spiro atoms. The average molecular weight is 307 g/mol. The van der Waals surface area contributed by atoms with Gasteiger partial charge in [0.15, 0.2) is 0 Å². The molecule has 0 fully saturated rings. The largest absolute Gasteiger partial charge is 0.366 e. The van der Waals surface area contributed by atoms with Crippen LogP contribution < -0.4 is 5.73 Å². The molecule has 2 aromatic rings. The fourth-order valence-electron chi connectivity index (χ4n) is 1.70. The van der Waals surface area contributed by atoms with Crippen LogP contribution in [0, 0.1) is 6.92 Å². The first kappa shape index (κ1) is 14.5. The summed E-state index contributed by atoms with van der Waals surface area (Å²) < 4.78 is 24.9. The van der Waals surface area contributed by atoms with Gasteiger partial charge in [0.2, 0.25) is 15.7 Å². The third kappa shape index (κ3) is 2.66. The van der Waals surface area contributed by atoms with Crippen molar-refractivity contribution >= 4 is 32.0 Å². The Morgan fingerprint density at radius 3 is 2.50 bits per heavy atom. The molecule has 0 radical (unpaired) electrons. The van der Waals surface area contributed by atoms with E-state index in [1.165, 1.54) is 35.6 Å². The van der Waals surface area contributed by atoms with Gasteiger partial charge in [0.25, 0.3) is 0 Å². The van der Waals surface area contributed by atoms with E-state index in [9.17, 15) is 13.2 Å². The first-order valence-corrected chi connectivity index (χ1v) is 8.08. The minimum atomic E-state index is -3.73. The standard InChI is InChI=1S/C14H13NO3S2/c1-9-6-12(8-19-9)10(2)20(17,18)13-5-3-4-11(7-13)14(15)16/h3-8H,2H2,1H3,(H2,15,16). The Labute approximate surface area is 121 Å². The molecule has 1 amide bonds. The summed E-state index contributed by atoms with van der Waals surface area (Å²) in [6.07, 6.45) is 0. The molecule has 2 N–H and O–H groups in total. The molecular weight excluding hydrogens is 294 g/mol. The van der Waals surface area contributed by atoms with Crippen LogP contribution >= 0.6 is 11.3 Å². The molecule has 4 nitrogen and oxygen atoms in total. The zero-order chi connectivity index (χ0) is 14.9. The van der Waals surface area contributed by atoms with E-state index in [2.05, 4.69) is 6.58 Å². The van der Waals surface area contributed by atoms with E-state index in [-0.39, 0.29) is 15.4 Å². The number of rotatable bonds is 4. The lowest BCUT2D eigenvalue weighted by atomic mass is 10.2. The van der Waals surface area contributed by atoms with E-state index in [4.69, 9.17) is 5.73 Å². The summed E-state index contributed by atoms with van der Waals surface area (Å²) in [6, 6.07) is 7.41. The van der Waals surface area contributed by atoms with E-state index in [0.717, 1.165) is 4.88 Å². The van der Waals surface area contributed by atoms with E-state index in [1.54, 1.807) is 11.4 Å². The molecule has 2 rings (SSSR count). The van der Waals surface area contributed by atoms with Crippen molar-refractivity contribution in [3.63, 3.8) is 0 Å². The lowest BCUT2D eigenvalue weighted by molar-refractivity contribution is 0.1000. The predicted molar refractivity (Wildman–Crippen MR) is 80.2 cm³/mol. The number of hydrogen-bond acceptors (Lipinski definition) is 4. The number of benzene rings is 1. The third-order valence-corrected chi connectivity index (χ3v) is 5.43. The minimum absolute atomic E-state index is 0.0163. The molecule has 0 aliphatic heterocycles. The number of nitrogens with two attached hydrogens (primary N) is 1.